The Balaban J connectivity index is 1.45. The van der Waals surface area contributed by atoms with Gasteiger partial charge in [-0.05, 0) is 61.7 Å². The fraction of sp³-hybridized carbons (Fsp3) is 0.217. The molecule has 1 amide bonds. The fourth-order valence-electron chi connectivity index (χ4n) is 3.12. The van der Waals surface area contributed by atoms with Crippen LogP contribution in [0.5, 0.6) is 5.75 Å². The van der Waals surface area contributed by atoms with Gasteiger partial charge in [0.15, 0.2) is 0 Å². The number of ether oxygens (including phenoxy) is 1. The molecule has 0 aliphatic heterocycles. The number of aromatic nitrogens is 1. The van der Waals surface area contributed by atoms with E-state index in [-0.39, 0.29) is 5.91 Å². The number of furan rings is 1. The highest BCUT2D eigenvalue weighted by molar-refractivity contribution is 7.09. The van der Waals surface area contributed by atoms with Gasteiger partial charge < -0.3 is 18.6 Å². The van der Waals surface area contributed by atoms with Gasteiger partial charge in [-0.1, -0.05) is 11.2 Å². The van der Waals surface area contributed by atoms with Crippen LogP contribution in [0.4, 0.5) is 0 Å². The lowest BCUT2D eigenvalue weighted by molar-refractivity contribution is 0.0719. The number of hydrogen-bond donors (Lipinski definition) is 0. The van der Waals surface area contributed by atoms with Crippen LogP contribution in [-0.4, -0.2) is 16.0 Å². The Morgan fingerprint density at radius 3 is 2.57 bits per heavy atom. The van der Waals surface area contributed by atoms with Gasteiger partial charge in [0.2, 0.25) is 0 Å². The zero-order valence-corrected chi connectivity index (χ0v) is 17.6. The van der Waals surface area contributed by atoms with Crippen molar-refractivity contribution in [1.82, 2.24) is 10.1 Å². The molecule has 3 heterocycles. The Labute approximate surface area is 178 Å². The minimum Gasteiger partial charge on any atom is -0.489 e. The van der Waals surface area contributed by atoms with Gasteiger partial charge >= 0.3 is 0 Å². The van der Waals surface area contributed by atoms with Crippen LogP contribution in [0.2, 0.25) is 0 Å². The molecule has 0 bridgehead atoms. The highest BCUT2D eigenvalue weighted by Crippen LogP contribution is 2.21. The summed E-state index contributed by atoms with van der Waals surface area (Å²) in [5, 5.41) is 5.94. The molecule has 3 aromatic heterocycles. The van der Waals surface area contributed by atoms with Crippen molar-refractivity contribution in [3.05, 3.63) is 93.4 Å². The van der Waals surface area contributed by atoms with E-state index in [2.05, 4.69) is 5.16 Å². The lowest BCUT2D eigenvalue weighted by Crippen LogP contribution is -2.29. The lowest BCUT2D eigenvalue weighted by Gasteiger charge is -2.21. The third-order valence-electron chi connectivity index (χ3n) is 4.81. The summed E-state index contributed by atoms with van der Waals surface area (Å²) in [5.41, 5.74) is 2.36. The molecular formula is C23H22N2O4S. The third-order valence-corrected chi connectivity index (χ3v) is 5.67. The molecule has 0 radical (unpaired) electrons. The van der Waals surface area contributed by atoms with Crippen molar-refractivity contribution in [2.24, 2.45) is 0 Å². The van der Waals surface area contributed by atoms with Gasteiger partial charge in [-0.2, -0.15) is 0 Å². The van der Waals surface area contributed by atoms with E-state index >= 15 is 0 Å². The van der Waals surface area contributed by atoms with Crippen molar-refractivity contribution in [2.75, 3.05) is 0 Å². The van der Waals surface area contributed by atoms with Gasteiger partial charge in [0.1, 0.15) is 23.9 Å². The summed E-state index contributed by atoms with van der Waals surface area (Å²) >= 11 is 1.63. The Kier molecular flexibility index (Phi) is 5.99. The van der Waals surface area contributed by atoms with Crippen LogP contribution in [0.15, 0.2) is 69.1 Å². The summed E-state index contributed by atoms with van der Waals surface area (Å²) in [6.45, 7) is 5.06. The topological polar surface area (TPSA) is 68.7 Å². The summed E-state index contributed by atoms with van der Waals surface area (Å²) in [6.07, 6.45) is 1.62. The zero-order chi connectivity index (χ0) is 20.9. The summed E-state index contributed by atoms with van der Waals surface area (Å²) in [4.78, 5) is 16.1. The molecule has 7 heteroatoms. The first-order chi connectivity index (χ1) is 14.6. The van der Waals surface area contributed by atoms with Crippen molar-refractivity contribution >= 4 is 17.2 Å². The molecule has 0 saturated heterocycles. The van der Waals surface area contributed by atoms with Crippen LogP contribution in [0.1, 0.15) is 38.0 Å². The van der Waals surface area contributed by atoms with Crippen LogP contribution in [0, 0.1) is 13.8 Å². The quantitative estimate of drug-likeness (QED) is 0.382. The molecule has 0 saturated carbocycles. The SMILES string of the molecule is Cc1noc(C)c1COc1ccc(C(=O)N(Cc2ccco2)Cc2cccs2)cc1. The molecule has 4 rings (SSSR count). The average Bonchev–Trinajstić information content (AvgIpc) is 3.51. The van der Waals surface area contributed by atoms with Gasteiger partial charge in [0, 0.05) is 10.4 Å². The Morgan fingerprint density at radius 2 is 1.93 bits per heavy atom. The number of thiophene rings is 1. The molecule has 154 valence electrons. The standard InChI is InChI=1S/C23H22N2O4S/c1-16-22(17(2)29-24-16)15-28-19-9-7-18(8-10-19)23(26)25(13-20-5-3-11-27-20)14-21-6-4-12-30-21/h3-12H,13-15H2,1-2H3. The molecule has 0 spiro atoms. The molecule has 30 heavy (non-hydrogen) atoms. The minimum absolute atomic E-state index is 0.0583. The largest absolute Gasteiger partial charge is 0.489 e. The van der Waals surface area contributed by atoms with E-state index in [4.69, 9.17) is 13.7 Å². The Hall–Kier alpha value is -3.32. The lowest BCUT2D eigenvalue weighted by atomic mass is 10.1. The maximum Gasteiger partial charge on any atom is 0.254 e. The molecule has 0 unspecified atom stereocenters. The number of carbonyl (C=O) groups is 1. The third kappa shape index (κ3) is 4.63. The molecule has 0 atom stereocenters. The summed E-state index contributed by atoms with van der Waals surface area (Å²) in [7, 11) is 0. The van der Waals surface area contributed by atoms with E-state index in [1.54, 1.807) is 34.6 Å². The number of carbonyl (C=O) groups excluding carboxylic acids is 1. The Bertz CT molecular complexity index is 1030. The number of benzene rings is 1. The second-order valence-electron chi connectivity index (χ2n) is 6.94. The number of nitrogens with zero attached hydrogens (tertiary/aromatic N) is 2. The van der Waals surface area contributed by atoms with Gasteiger partial charge in [-0.25, -0.2) is 0 Å². The number of hydrogen-bond acceptors (Lipinski definition) is 6. The smallest absolute Gasteiger partial charge is 0.254 e. The summed E-state index contributed by atoms with van der Waals surface area (Å²) in [6, 6.07) is 14.9. The molecular weight excluding hydrogens is 400 g/mol. The molecule has 0 fully saturated rings. The van der Waals surface area contributed by atoms with Gasteiger partial charge in [0.05, 0.1) is 30.6 Å². The van der Waals surface area contributed by atoms with Gasteiger partial charge in [-0.3, -0.25) is 4.79 Å². The van der Waals surface area contributed by atoms with Crippen LogP contribution in [0.25, 0.3) is 0 Å². The van der Waals surface area contributed by atoms with Gasteiger partial charge in [-0.15, -0.1) is 11.3 Å². The molecule has 0 N–H and O–H groups in total. The average molecular weight is 423 g/mol. The van der Waals surface area contributed by atoms with E-state index in [1.807, 2.05) is 55.6 Å². The molecule has 4 aromatic rings. The fourth-order valence-corrected chi connectivity index (χ4v) is 3.84. The van der Waals surface area contributed by atoms with E-state index in [9.17, 15) is 4.79 Å². The molecule has 1 aromatic carbocycles. The van der Waals surface area contributed by atoms with Crippen LogP contribution in [-0.2, 0) is 19.7 Å². The summed E-state index contributed by atoms with van der Waals surface area (Å²) < 4.78 is 16.5. The second-order valence-corrected chi connectivity index (χ2v) is 7.97. The van der Waals surface area contributed by atoms with E-state index < -0.39 is 0 Å². The molecule has 0 aliphatic carbocycles. The maximum atomic E-state index is 13.2. The number of amides is 1. The highest BCUT2D eigenvalue weighted by Gasteiger charge is 2.18. The van der Waals surface area contributed by atoms with Crippen molar-refractivity contribution in [3.63, 3.8) is 0 Å². The van der Waals surface area contributed by atoms with Crippen molar-refractivity contribution in [1.29, 1.82) is 0 Å². The zero-order valence-electron chi connectivity index (χ0n) is 16.8. The maximum absolute atomic E-state index is 13.2. The predicted molar refractivity (Wildman–Crippen MR) is 113 cm³/mol. The number of rotatable bonds is 8. The van der Waals surface area contributed by atoms with Crippen LogP contribution >= 0.6 is 11.3 Å². The second kappa shape index (κ2) is 9.00. The minimum atomic E-state index is -0.0583. The van der Waals surface area contributed by atoms with Gasteiger partial charge in [0.25, 0.3) is 5.91 Å². The predicted octanol–water partition coefficient (Wildman–Crippen LogP) is 5.37. The number of aryl methyl sites for hydroxylation is 2. The molecule has 0 aliphatic rings. The highest BCUT2D eigenvalue weighted by atomic mass is 32.1. The van der Waals surface area contributed by atoms with E-state index in [1.165, 1.54) is 0 Å². The monoisotopic (exact) mass is 422 g/mol. The van der Waals surface area contributed by atoms with E-state index in [0.717, 1.165) is 27.7 Å². The summed E-state index contributed by atoms with van der Waals surface area (Å²) in [5.74, 6) is 2.13. The van der Waals surface area contributed by atoms with Crippen molar-refractivity contribution < 1.29 is 18.5 Å². The Morgan fingerprint density at radius 1 is 1.10 bits per heavy atom. The normalized spacial score (nSPS) is 10.9. The van der Waals surface area contributed by atoms with Crippen LogP contribution in [0.3, 0.4) is 0 Å². The molecule has 6 nitrogen and oxygen atoms in total. The van der Waals surface area contributed by atoms with Crippen molar-refractivity contribution in [2.45, 2.75) is 33.5 Å². The first-order valence-corrected chi connectivity index (χ1v) is 10.5. The van der Waals surface area contributed by atoms with E-state index in [0.29, 0.717) is 31.0 Å². The van der Waals surface area contributed by atoms with Crippen molar-refractivity contribution in [3.8, 4) is 5.75 Å². The van der Waals surface area contributed by atoms with Crippen LogP contribution < -0.4 is 4.74 Å². The first-order valence-electron chi connectivity index (χ1n) is 9.59. The first kappa shape index (κ1) is 20.0.